The van der Waals surface area contributed by atoms with E-state index in [4.69, 9.17) is 5.73 Å². The minimum absolute atomic E-state index is 0.872. The van der Waals surface area contributed by atoms with Crippen molar-refractivity contribution in [3.05, 3.63) is 22.2 Å². The highest BCUT2D eigenvalue weighted by Gasteiger charge is 2.15. The van der Waals surface area contributed by atoms with Gasteiger partial charge in [-0.05, 0) is 59.3 Å². The van der Waals surface area contributed by atoms with Crippen molar-refractivity contribution in [2.75, 3.05) is 11.5 Å². The van der Waals surface area contributed by atoms with Crippen molar-refractivity contribution in [2.24, 2.45) is 5.92 Å². The molecule has 1 fully saturated rings. The fourth-order valence-electron chi connectivity index (χ4n) is 2.17. The zero-order chi connectivity index (χ0) is 11.5. The molecule has 0 aromatic heterocycles. The summed E-state index contributed by atoms with van der Waals surface area (Å²) in [6.07, 6.45) is 5.68. The van der Waals surface area contributed by atoms with Crippen LogP contribution in [-0.4, -0.2) is 5.75 Å². The highest BCUT2D eigenvalue weighted by atomic mass is 79.9. The maximum Gasteiger partial charge on any atom is 0.0355 e. The fraction of sp³-hybridized carbons (Fsp3) is 0.538. The Hall–Kier alpha value is -0.150. The van der Waals surface area contributed by atoms with Crippen LogP contribution < -0.4 is 5.73 Å². The van der Waals surface area contributed by atoms with Gasteiger partial charge in [-0.2, -0.15) is 0 Å². The largest absolute Gasteiger partial charge is 0.398 e. The van der Waals surface area contributed by atoms with Gasteiger partial charge in [0.25, 0.3) is 0 Å². The third-order valence-electron chi connectivity index (χ3n) is 3.27. The molecular formula is C13H18BrNS. The number of hydrogen-bond donors (Lipinski definition) is 1. The molecule has 1 nitrogen and oxygen atoms in total. The molecule has 1 aromatic carbocycles. The predicted octanol–water partition coefficient (Wildman–Crippen LogP) is 4.62. The van der Waals surface area contributed by atoms with Gasteiger partial charge in [0.05, 0.1) is 0 Å². The SMILES string of the molecule is Cc1cc(SCC2CCCC2)c(Br)cc1N. The van der Waals surface area contributed by atoms with Gasteiger partial charge >= 0.3 is 0 Å². The van der Waals surface area contributed by atoms with Crippen LogP contribution in [0.2, 0.25) is 0 Å². The second kappa shape index (κ2) is 5.46. The maximum atomic E-state index is 5.87. The van der Waals surface area contributed by atoms with E-state index in [1.165, 1.54) is 41.9 Å². The van der Waals surface area contributed by atoms with Crippen LogP contribution in [0.4, 0.5) is 5.69 Å². The lowest BCUT2D eigenvalue weighted by atomic mass is 10.1. The third-order valence-corrected chi connectivity index (χ3v) is 5.48. The van der Waals surface area contributed by atoms with Crippen molar-refractivity contribution >= 4 is 33.4 Å². The van der Waals surface area contributed by atoms with Crippen molar-refractivity contribution in [1.29, 1.82) is 0 Å². The lowest BCUT2D eigenvalue weighted by molar-refractivity contribution is 0.623. The Morgan fingerprint density at radius 1 is 1.38 bits per heavy atom. The van der Waals surface area contributed by atoms with Crippen LogP contribution in [0.25, 0.3) is 0 Å². The molecule has 0 atom stereocenters. The van der Waals surface area contributed by atoms with Gasteiger partial charge in [-0.3, -0.25) is 0 Å². The Kier molecular flexibility index (Phi) is 4.20. The summed E-state index contributed by atoms with van der Waals surface area (Å²) in [5.74, 6) is 2.18. The predicted molar refractivity (Wildman–Crippen MR) is 76.0 cm³/mol. The molecule has 0 saturated heterocycles. The number of nitrogen functional groups attached to an aromatic ring is 1. The number of benzene rings is 1. The number of nitrogens with two attached hydrogens (primary N) is 1. The topological polar surface area (TPSA) is 26.0 Å². The summed E-state index contributed by atoms with van der Waals surface area (Å²) in [5, 5.41) is 0. The summed E-state index contributed by atoms with van der Waals surface area (Å²) < 4.78 is 1.14. The first-order valence-corrected chi connectivity index (χ1v) is 7.63. The molecule has 0 aliphatic heterocycles. The second-order valence-corrected chi connectivity index (χ2v) is 6.52. The molecule has 88 valence electrons. The number of halogens is 1. The van der Waals surface area contributed by atoms with Crippen LogP contribution in [0, 0.1) is 12.8 Å². The summed E-state index contributed by atoms with van der Waals surface area (Å²) >= 11 is 5.55. The van der Waals surface area contributed by atoms with Gasteiger partial charge in [-0.15, -0.1) is 11.8 Å². The van der Waals surface area contributed by atoms with Gasteiger partial charge in [0.2, 0.25) is 0 Å². The van der Waals surface area contributed by atoms with Crippen molar-refractivity contribution in [3.63, 3.8) is 0 Å². The van der Waals surface area contributed by atoms with Crippen LogP contribution in [0.1, 0.15) is 31.2 Å². The van der Waals surface area contributed by atoms with E-state index in [2.05, 4.69) is 28.9 Å². The fourth-order valence-corrected chi connectivity index (χ4v) is 4.08. The van der Waals surface area contributed by atoms with Gasteiger partial charge in [0, 0.05) is 20.8 Å². The average molecular weight is 300 g/mol. The quantitative estimate of drug-likeness (QED) is 0.651. The number of thioether (sulfide) groups is 1. The summed E-state index contributed by atoms with van der Waals surface area (Å²) in [7, 11) is 0. The molecular weight excluding hydrogens is 282 g/mol. The molecule has 0 heterocycles. The minimum atomic E-state index is 0.872. The van der Waals surface area contributed by atoms with Crippen LogP contribution >= 0.6 is 27.7 Å². The van der Waals surface area contributed by atoms with E-state index >= 15 is 0 Å². The van der Waals surface area contributed by atoms with Gasteiger partial charge in [-0.1, -0.05) is 12.8 Å². The molecule has 3 heteroatoms. The summed E-state index contributed by atoms with van der Waals surface area (Å²) in [6, 6.07) is 4.21. The smallest absolute Gasteiger partial charge is 0.0355 e. The van der Waals surface area contributed by atoms with E-state index in [1.54, 1.807) is 0 Å². The second-order valence-electron chi connectivity index (χ2n) is 4.60. The molecule has 16 heavy (non-hydrogen) atoms. The Labute approximate surface area is 110 Å². The average Bonchev–Trinajstić information content (AvgIpc) is 2.74. The Bertz CT molecular complexity index is 372. The van der Waals surface area contributed by atoms with Crippen molar-refractivity contribution in [3.8, 4) is 0 Å². The van der Waals surface area contributed by atoms with Crippen LogP contribution in [0.15, 0.2) is 21.5 Å². The zero-order valence-electron chi connectivity index (χ0n) is 9.63. The van der Waals surface area contributed by atoms with Crippen molar-refractivity contribution in [1.82, 2.24) is 0 Å². The first-order valence-electron chi connectivity index (χ1n) is 5.85. The number of anilines is 1. The molecule has 2 rings (SSSR count). The van der Waals surface area contributed by atoms with Gasteiger partial charge < -0.3 is 5.73 Å². The van der Waals surface area contributed by atoms with E-state index in [0.717, 1.165) is 16.1 Å². The minimum Gasteiger partial charge on any atom is -0.398 e. The molecule has 0 bridgehead atoms. The van der Waals surface area contributed by atoms with Gasteiger partial charge in [0.15, 0.2) is 0 Å². The standard InChI is InChI=1S/C13H18BrNS/c1-9-6-13(11(14)7-12(9)15)16-8-10-4-2-3-5-10/h6-7,10H,2-5,8,15H2,1H3. The van der Waals surface area contributed by atoms with Gasteiger partial charge in [-0.25, -0.2) is 0 Å². The molecule has 0 amide bonds. The normalized spacial score (nSPS) is 16.9. The molecule has 0 unspecified atom stereocenters. The molecule has 0 spiro atoms. The monoisotopic (exact) mass is 299 g/mol. The first kappa shape index (κ1) is 12.3. The van der Waals surface area contributed by atoms with E-state index < -0.39 is 0 Å². The summed E-state index contributed by atoms with van der Waals surface area (Å²) in [4.78, 5) is 1.33. The van der Waals surface area contributed by atoms with E-state index in [9.17, 15) is 0 Å². The van der Waals surface area contributed by atoms with E-state index in [-0.39, 0.29) is 0 Å². The van der Waals surface area contributed by atoms with Gasteiger partial charge in [0.1, 0.15) is 0 Å². The lowest BCUT2D eigenvalue weighted by Crippen LogP contribution is -1.97. The molecule has 1 aliphatic carbocycles. The summed E-state index contributed by atoms with van der Waals surface area (Å²) in [6.45, 7) is 2.07. The lowest BCUT2D eigenvalue weighted by Gasteiger charge is -2.11. The number of hydrogen-bond acceptors (Lipinski definition) is 2. The Balaban J connectivity index is 2.00. The summed E-state index contributed by atoms with van der Waals surface area (Å²) in [5.41, 5.74) is 7.92. The first-order chi connectivity index (χ1) is 7.66. The maximum absolute atomic E-state index is 5.87. The highest BCUT2D eigenvalue weighted by molar-refractivity contribution is 9.10. The van der Waals surface area contributed by atoms with Crippen molar-refractivity contribution in [2.45, 2.75) is 37.5 Å². The number of aryl methyl sites for hydroxylation is 1. The van der Waals surface area contributed by atoms with Crippen LogP contribution in [-0.2, 0) is 0 Å². The van der Waals surface area contributed by atoms with Crippen LogP contribution in [0.3, 0.4) is 0 Å². The van der Waals surface area contributed by atoms with E-state index in [1.807, 2.05) is 17.8 Å². The van der Waals surface area contributed by atoms with Crippen molar-refractivity contribution < 1.29 is 0 Å². The third kappa shape index (κ3) is 2.95. The molecule has 1 saturated carbocycles. The zero-order valence-corrected chi connectivity index (χ0v) is 12.0. The molecule has 1 aromatic rings. The molecule has 1 aliphatic rings. The molecule has 0 radical (unpaired) electrons. The number of rotatable bonds is 3. The van der Waals surface area contributed by atoms with Crippen LogP contribution in [0.5, 0.6) is 0 Å². The van der Waals surface area contributed by atoms with E-state index in [0.29, 0.717) is 0 Å². The Morgan fingerprint density at radius 2 is 2.06 bits per heavy atom. The molecule has 2 N–H and O–H groups in total. The highest BCUT2D eigenvalue weighted by Crippen LogP contribution is 2.35. The Morgan fingerprint density at radius 3 is 2.75 bits per heavy atom.